The van der Waals surface area contributed by atoms with E-state index in [-0.39, 0.29) is 18.0 Å². The van der Waals surface area contributed by atoms with Crippen LogP contribution in [0.15, 0.2) is 60.0 Å². The number of piperidine rings is 1. The molecule has 0 saturated carbocycles. The fourth-order valence-corrected chi connectivity index (χ4v) is 4.72. The molecular formula is C23H28FN3O3S. The molecule has 1 aliphatic heterocycles. The number of sulfonamides is 1. The molecule has 2 aromatic carbocycles. The second-order valence-corrected chi connectivity index (χ2v) is 9.40. The number of halogens is 1. The first-order valence-corrected chi connectivity index (χ1v) is 11.8. The van der Waals surface area contributed by atoms with Crippen LogP contribution in [0.2, 0.25) is 0 Å². The molecule has 0 bridgehead atoms. The topological polar surface area (TPSA) is 69.7 Å². The molecule has 0 unspecified atom stereocenters. The highest BCUT2D eigenvalue weighted by molar-refractivity contribution is 7.89. The van der Waals surface area contributed by atoms with Gasteiger partial charge in [-0.2, -0.15) is 0 Å². The molecule has 1 fully saturated rings. The second kappa shape index (κ2) is 10.1. The molecule has 0 atom stereocenters. The Morgan fingerprint density at radius 3 is 2.48 bits per heavy atom. The van der Waals surface area contributed by atoms with Gasteiger partial charge in [0.05, 0.1) is 0 Å². The van der Waals surface area contributed by atoms with Gasteiger partial charge >= 0.3 is 0 Å². The zero-order chi connectivity index (χ0) is 22.4. The third-order valence-electron chi connectivity index (χ3n) is 5.31. The highest BCUT2D eigenvalue weighted by Gasteiger charge is 2.22. The van der Waals surface area contributed by atoms with Crippen molar-refractivity contribution in [2.45, 2.75) is 30.7 Å². The van der Waals surface area contributed by atoms with Crippen LogP contribution in [0, 0.1) is 5.82 Å². The van der Waals surface area contributed by atoms with Gasteiger partial charge in [0.2, 0.25) is 10.0 Å². The summed E-state index contributed by atoms with van der Waals surface area (Å²) in [4.78, 5) is 16.1. The van der Waals surface area contributed by atoms with Gasteiger partial charge in [-0.15, -0.1) is 6.58 Å². The van der Waals surface area contributed by atoms with Crippen molar-refractivity contribution < 1.29 is 17.6 Å². The fourth-order valence-electron chi connectivity index (χ4n) is 3.62. The van der Waals surface area contributed by atoms with Crippen molar-refractivity contribution in [3.05, 3.63) is 72.1 Å². The summed E-state index contributed by atoms with van der Waals surface area (Å²) in [5, 5.41) is 0. The summed E-state index contributed by atoms with van der Waals surface area (Å²) in [6.07, 6.45) is 5.04. The summed E-state index contributed by atoms with van der Waals surface area (Å²) in [5.41, 5.74) is 2.24. The summed E-state index contributed by atoms with van der Waals surface area (Å²) in [6.45, 7) is 5.89. The number of carbonyl (C=O) groups excluding carboxylic acids is 1. The Hall–Kier alpha value is -2.71. The summed E-state index contributed by atoms with van der Waals surface area (Å²) < 4.78 is 40.9. The molecule has 6 nitrogen and oxygen atoms in total. The minimum absolute atomic E-state index is 0.0345. The predicted octanol–water partition coefficient (Wildman–Crippen LogP) is 3.55. The average Bonchev–Trinajstić information content (AvgIpc) is 2.78. The zero-order valence-electron chi connectivity index (χ0n) is 17.7. The third kappa shape index (κ3) is 5.71. The normalized spacial score (nSPS) is 14.3. The van der Waals surface area contributed by atoms with Crippen LogP contribution in [-0.2, 0) is 16.6 Å². The van der Waals surface area contributed by atoms with E-state index >= 15 is 0 Å². The molecule has 2 aromatic rings. The van der Waals surface area contributed by atoms with Crippen molar-refractivity contribution in [2.24, 2.45) is 0 Å². The molecule has 31 heavy (non-hydrogen) atoms. The van der Waals surface area contributed by atoms with E-state index in [0.29, 0.717) is 6.54 Å². The minimum Gasteiger partial charge on any atom is -0.372 e. The first kappa shape index (κ1) is 23.0. The smallest absolute Gasteiger partial charge is 0.253 e. The van der Waals surface area contributed by atoms with Crippen LogP contribution >= 0.6 is 0 Å². The Kier molecular flexibility index (Phi) is 7.46. The number of nitrogens with zero attached hydrogens (tertiary/aromatic N) is 2. The lowest BCUT2D eigenvalue weighted by Gasteiger charge is -2.29. The van der Waals surface area contributed by atoms with E-state index in [9.17, 15) is 17.6 Å². The Morgan fingerprint density at radius 2 is 1.84 bits per heavy atom. The van der Waals surface area contributed by atoms with Crippen LogP contribution in [0.1, 0.15) is 35.2 Å². The minimum atomic E-state index is -4.08. The Morgan fingerprint density at radius 1 is 1.16 bits per heavy atom. The number of anilines is 1. The molecule has 8 heteroatoms. The first-order valence-electron chi connectivity index (χ1n) is 10.3. The number of benzene rings is 2. The first-order chi connectivity index (χ1) is 14.8. The lowest BCUT2D eigenvalue weighted by Crippen LogP contribution is -2.29. The lowest BCUT2D eigenvalue weighted by molar-refractivity contribution is 0.0784. The number of amides is 1. The van der Waals surface area contributed by atoms with Gasteiger partial charge < -0.3 is 9.80 Å². The molecule has 1 saturated heterocycles. The summed E-state index contributed by atoms with van der Waals surface area (Å²) in [7, 11) is -2.45. The Bertz CT molecular complexity index is 1030. The van der Waals surface area contributed by atoms with Crippen molar-refractivity contribution in [3.8, 4) is 0 Å². The van der Waals surface area contributed by atoms with Gasteiger partial charge in [-0.3, -0.25) is 4.79 Å². The summed E-state index contributed by atoms with van der Waals surface area (Å²) in [6, 6.07) is 11.5. The van der Waals surface area contributed by atoms with Crippen LogP contribution in [-0.4, -0.2) is 45.9 Å². The zero-order valence-corrected chi connectivity index (χ0v) is 18.5. The second-order valence-electron chi connectivity index (χ2n) is 7.66. The molecule has 1 amide bonds. The molecular weight excluding hydrogens is 417 g/mol. The van der Waals surface area contributed by atoms with Crippen molar-refractivity contribution in [1.29, 1.82) is 0 Å². The van der Waals surface area contributed by atoms with Crippen molar-refractivity contribution in [2.75, 3.05) is 31.6 Å². The quantitative estimate of drug-likeness (QED) is 0.631. The van der Waals surface area contributed by atoms with Crippen molar-refractivity contribution in [1.82, 2.24) is 9.62 Å². The van der Waals surface area contributed by atoms with E-state index in [1.807, 2.05) is 12.1 Å². The van der Waals surface area contributed by atoms with E-state index in [4.69, 9.17) is 0 Å². The molecule has 1 heterocycles. The molecule has 1 aliphatic rings. The highest BCUT2D eigenvalue weighted by atomic mass is 32.2. The maximum atomic E-state index is 14.1. The van der Waals surface area contributed by atoms with E-state index in [0.717, 1.165) is 30.8 Å². The van der Waals surface area contributed by atoms with Gasteiger partial charge in [-0.25, -0.2) is 17.5 Å². The van der Waals surface area contributed by atoms with Gasteiger partial charge in [0.15, 0.2) is 0 Å². The molecule has 1 N–H and O–H groups in total. The monoisotopic (exact) mass is 445 g/mol. The molecule has 0 aromatic heterocycles. The van der Waals surface area contributed by atoms with Crippen LogP contribution in [0.5, 0.6) is 0 Å². The fraction of sp³-hybridized carbons (Fsp3) is 0.348. The van der Waals surface area contributed by atoms with Crippen molar-refractivity contribution >= 4 is 21.6 Å². The Balaban J connectivity index is 1.71. The van der Waals surface area contributed by atoms with E-state index < -0.39 is 20.7 Å². The predicted molar refractivity (Wildman–Crippen MR) is 120 cm³/mol. The van der Waals surface area contributed by atoms with E-state index in [2.05, 4.69) is 28.3 Å². The van der Waals surface area contributed by atoms with E-state index in [1.165, 1.54) is 42.0 Å². The molecule has 3 rings (SSSR count). The molecule has 0 spiro atoms. The van der Waals surface area contributed by atoms with Crippen LogP contribution in [0.4, 0.5) is 10.1 Å². The van der Waals surface area contributed by atoms with Gasteiger partial charge in [0.25, 0.3) is 5.91 Å². The largest absolute Gasteiger partial charge is 0.372 e. The summed E-state index contributed by atoms with van der Waals surface area (Å²) in [5.74, 6) is -1.30. The third-order valence-corrected chi connectivity index (χ3v) is 6.75. The van der Waals surface area contributed by atoms with Crippen LogP contribution < -0.4 is 9.62 Å². The van der Waals surface area contributed by atoms with Crippen molar-refractivity contribution in [3.63, 3.8) is 0 Å². The SMILES string of the molecule is C=CCNS(=O)(=O)c1cc(C(=O)N(C)Cc2ccc(N3CCCCC3)cc2)ccc1F. The molecule has 0 radical (unpaired) electrons. The van der Waals surface area contributed by atoms with Gasteiger partial charge in [-0.1, -0.05) is 18.2 Å². The number of rotatable bonds is 8. The van der Waals surface area contributed by atoms with E-state index in [1.54, 1.807) is 7.05 Å². The number of hydrogen-bond donors (Lipinski definition) is 1. The maximum absolute atomic E-state index is 14.1. The maximum Gasteiger partial charge on any atom is 0.253 e. The van der Waals surface area contributed by atoms with Crippen LogP contribution in [0.25, 0.3) is 0 Å². The van der Waals surface area contributed by atoms with Crippen LogP contribution in [0.3, 0.4) is 0 Å². The Labute approximate surface area is 183 Å². The molecule has 0 aliphatic carbocycles. The lowest BCUT2D eigenvalue weighted by atomic mass is 10.1. The highest BCUT2D eigenvalue weighted by Crippen LogP contribution is 2.22. The number of hydrogen-bond acceptors (Lipinski definition) is 4. The van der Waals surface area contributed by atoms with Gasteiger partial charge in [0.1, 0.15) is 10.7 Å². The summed E-state index contributed by atoms with van der Waals surface area (Å²) >= 11 is 0. The molecule has 166 valence electrons. The number of carbonyl (C=O) groups is 1. The standard InChI is InChI=1S/C23H28FN3O3S/c1-3-13-25-31(29,30)22-16-19(9-12-21(22)24)23(28)26(2)17-18-7-10-20(11-8-18)27-14-5-4-6-15-27/h3,7-12,16,25H,1,4-6,13-15,17H2,2H3. The van der Waals surface area contributed by atoms with Gasteiger partial charge in [-0.05, 0) is 55.2 Å². The van der Waals surface area contributed by atoms with Gasteiger partial charge in [0, 0.05) is 44.5 Å². The average molecular weight is 446 g/mol. The number of nitrogens with one attached hydrogen (secondary N) is 1.